The summed E-state index contributed by atoms with van der Waals surface area (Å²) in [7, 11) is -3.65. The number of halogens is 1. The first-order chi connectivity index (χ1) is 9.45. The Hall–Kier alpha value is -0.770. The van der Waals surface area contributed by atoms with Crippen LogP contribution in [-0.2, 0) is 14.8 Å². The molecule has 0 unspecified atom stereocenters. The number of carbonyl (C=O) groups excluding carboxylic acids is 1. The van der Waals surface area contributed by atoms with Gasteiger partial charge >= 0.3 is 0 Å². The van der Waals surface area contributed by atoms with Gasteiger partial charge in [0.15, 0.2) is 0 Å². The lowest BCUT2D eigenvalue weighted by Gasteiger charge is -2.02. The van der Waals surface area contributed by atoms with Crippen molar-refractivity contribution < 1.29 is 13.2 Å². The molecule has 0 radical (unpaired) electrons. The Labute approximate surface area is 127 Å². The molecule has 0 atom stereocenters. The molecule has 0 saturated carbocycles. The van der Waals surface area contributed by atoms with Gasteiger partial charge in [-0.1, -0.05) is 24.2 Å². The fourth-order valence-electron chi connectivity index (χ4n) is 1.36. The van der Waals surface area contributed by atoms with Crippen LogP contribution in [0.5, 0.6) is 0 Å². The van der Waals surface area contributed by atoms with E-state index in [-0.39, 0.29) is 15.4 Å². The zero-order valence-corrected chi connectivity index (χ0v) is 13.4. The van der Waals surface area contributed by atoms with E-state index in [1.54, 1.807) is 0 Å². The zero-order valence-electron chi connectivity index (χ0n) is 11.1. The minimum atomic E-state index is -3.65. The van der Waals surface area contributed by atoms with E-state index in [4.69, 9.17) is 11.6 Å². The molecule has 1 aromatic rings. The third-order valence-electron chi connectivity index (χ3n) is 2.27. The largest absolute Gasteiger partial charge is 0.301 e. The summed E-state index contributed by atoms with van der Waals surface area (Å²) in [5.41, 5.74) is 0. The third kappa shape index (κ3) is 6.12. The molecular formula is C10H17ClN4O3S2. The number of carbonyl (C=O) groups is 1. The van der Waals surface area contributed by atoms with Crippen molar-refractivity contribution in [3.8, 4) is 0 Å². The maximum atomic E-state index is 11.9. The molecule has 0 spiro atoms. The first-order valence-corrected chi connectivity index (χ1v) is 8.96. The fraction of sp³-hybridized carbons (Fsp3) is 0.700. The normalized spacial score (nSPS) is 11.5. The molecule has 1 rings (SSSR count). The van der Waals surface area contributed by atoms with E-state index in [1.807, 2.05) is 0 Å². The second-order valence-corrected chi connectivity index (χ2v) is 7.35. The summed E-state index contributed by atoms with van der Waals surface area (Å²) in [6.45, 7) is 1.66. The van der Waals surface area contributed by atoms with Gasteiger partial charge < -0.3 is 5.32 Å². The number of hydrogen-bond acceptors (Lipinski definition) is 6. The molecule has 1 amide bonds. The van der Waals surface area contributed by atoms with Gasteiger partial charge in [0.1, 0.15) is 0 Å². The van der Waals surface area contributed by atoms with Crippen LogP contribution >= 0.6 is 22.9 Å². The second-order valence-electron chi connectivity index (χ2n) is 4.06. The predicted molar refractivity (Wildman–Crippen MR) is 78.6 cm³/mol. The smallest absolute Gasteiger partial charge is 0.269 e. The predicted octanol–water partition coefficient (Wildman–Crippen LogP) is 1.57. The van der Waals surface area contributed by atoms with Crippen molar-refractivity contribution in [1.29, 1.82) is 0 Å². The first kappa shape index (κ1) is 17.3. The minimum Gasteiger partial charge on any atom is -0.301 e. The molecule has 0 aliphatic carbocycles. The van der Waals surface area contributed by atoms with Crippen molar-refractivity contribution in [2.45, 2.75) is 36.9 Å². The van der Waals surface area contributed by atoms with Crippen LogP contribution < -0.4 is 10.0 Å². The molecule has 10 heteroatoms. The number of aromatic nitrogens is 2. The van der Waals surface area contributed by atoms with Crippen molar-refractivity contribution in [2.24, 2.45) is 0 Å². The molecule has 0 bridgehead atoms. The number of nitrogens with one attached hydrogen (secondary N) is 2. The van der Waals surface area contributed by atoms with Crippen molar-refractivity contribution >= 4 is 44.0 Å². The number of sulfonamides is 1. The Morgan fingerprint density at radius 1 is 1.25 bits per heavy atom. The van der Waals surface area contributed by atoms with Gasteiger partial charge in [0, 0.05) is 19.3 Å². The summed E-state index contributed by atoms with van der Waals surface area (Å²) in [5, 5.41) is 9.70. The van der Waals surface area contributed by atoms with E-state index in [0.717, 1.165) is 37.0 Å². The fourth-order valence-corrected chi connectivity index (χ4v) is 3.61. The Morgan fingerprint density at radius 3 is 2.60 bits per heavy atom. The summed E-state index contributed by atoms with van der Waals surface area (Å²) >= 11 is 6.37. The van der Waals surface area contributed by atoms with Gasteiger partial charge in [-0.05, 0) is 12.8 Å². The zero-order chi connectivity index (χ0) is 15.0. The Kier molecular flexibility index (Phi) is 7.35. The summed E-state index contributed by atoms with van der Waals surface area (Å²) in [4.78, 5) is 10.8. The quantitative estimate of drug-likeness (QED) is 0.403. The molecule has 2 N–H and O–H groups in total. The highest BCUT2D eigenvalue weighted by Crippen LogP contribution is 2.19. The Balaban J connectivity index is 2.43. The number of anilines is 1. The molecule has 20 heavy (non-hydrogen) atoms. The minimum absolute atomic E-state index is 0.151. The summed E-state index contributed by atoms with van der Waals surface area (Å²) in [5.74, 6) is 0.306. The monoisotopic (exact) mass is 340 g/mol. The molecule has 0 saturated heterocycles. The third-order valence-corrected chi connectivity index (χ3v) is 5.21. The van der Waals surface area contributed by atoms with Gasteiger partial charge in [-0.2, -0.15) is 0 Å². The number of alkyl halides is 1. The van der Waals surface area contributed by atoms with Gasteiger partial charge in [-0.25, -0.2) is 13.1 Å². The van der Waals surface area contributed by atoms with Crippen molar-refractivity contribution in [3.63, 3.8) is 0 Å². The highest BCUT2D eigenvalue weighted by molar-refractivity contribution is 7.91. The van der Waals surface area contributed by atoms with Crippen molar-refractivity contribution in [2.75, 3.05) is 17.7 Å². The number of rotatable bonds is 9. The Morgan fingerprint density at radius 2 is 1.95 bits per heavy atom. The second kappa shape index (κ2) is 8.50. The van der Waals surface area contributed by atoms with Gasteiger partial charge in [-0.3, -0.25) is 4.79 Å². The number of hydrogen-bond donors (Lipinski definition) is 2. The van der Waals surface area contributed by atoms with Crippen LogP contribution in [0.3, 0.4) is 0 Å². The lowest BCUT2D eigenvalue weighted by Crippen LogP contribution is -2.24. The average Bonchev–Trinajstić information content (AvgIpc) is 2.82. The van der Waals surface area contributed by atoms with Crippen molar-refractivity contribution in [1.82, 2.24) is 14.9 Å². The van der Waals surface area contributed by atoms with Crippen LogP contribution in [0.4, 0.5) is 5.13 Å². The van der Waals surface area contributed by atoms with Gasteiger partial charge in [-0.15, -0.1) is 21.8 Å². The standard InChI is InChI=1S/C10H17ClN4O3S2/c1-8(16)13-9-14-15-10(19-9)20(17,18)12-7-5-3-2-4-6-11/h12H,2-7H2,1H3,(H,13,14,16). The van der Waals surface area contributed by atoms with Gasteiger partial charge in [0.2, 0.25) is 15.4 Å². The van der Waals surface area contributed by atoms with Gasteiger partial charge in [0.05, 0.1) is 0 Å². The first-order valence-electron chi connectivity index (χ1n) is 6.12. The molecule has 114 valence electrons. The topological polar surface area (TPSA) is 101 Å². The molecule has 1 aromatic heterocycles. The number of unbranched alkanes of at least 4 members (excludes halogenated alkanes) is 3. The highest BCUT2D eigenvalue weighted by Gasteiger charge is 2.19. The highest BCUT2D eigenvalue weighted by atomic mass is 35.5. The van der Waals surface area contributed by atoms with E-state index in [2.05, 4.69) is 20.2 Å². The summed E-state index contributed by atoms with van der Waals surface area (Å²) in [6.07, 6.45) is 3.58. The lowest BCUT2D eigenvalue weighted by atomic mass is 10.2. The summed E-state index contributed by atoms with van der Waals surface area (Å²) < 4.78 is 26.1. The number of amides is 1. The maximum absolute atomic E-state index is 11.9. The maximum Gasteiger partial charge on any atom is 0.269 e. The van der Waals surface area contributed by atoms with E-state index < -0.39 is 10.0 Å². The average molecular weight is 341 g/mol. The molecule has 0 aromatic carbocycles. The molecule has 0 aliphatic rings. The Bertz CT molecular complexity index is 532. The van der Waals surface area contributed by atoms with Crippen LogP contribution in [0.25, 0.3) is 0 Å². The van der Waals surface area contributed by atoms with Crippen LogP contribution in [0.2, 0.25) is 0 Å². The molecule has 7 nitrogen and oxygen atoms in total. The molecular weight excluding hydrogens is 324 g/mol. The van der Waals surface area contributed by atoms with Crippen LogP contribution in [-0.4, -0.2) is 36.9 Å². The molecule has 0 fully saturated rings. The van der Waals surface area contributed by atoms with Gasteiger partial charge in [0.25, 0.3) is 10.0 Å². The van der Waals surface area contributed by atoms with Crippen LogP contribution in [0.15, 0.2) is 4.34 Å². The van der Waals surface area contributed by atoms with E-state index in [1.165, 1.54) is 6.92 Å². The van der Waals surface area contributed by atoms with Crippen LogP contribution in [0, 0.1) is 0 Å². The lowest BCUT2D eigenvalue weighted by molar-refractivity contribution is -0.114. The van der Waals surface area contributed by atoms with E-state index >= 15 is 0 Å². The number of nitrogens with zero attached hydrogens (tertiary/aromatic N) is 2. The van der Waals surface area contributed by atoms with Crippen molar-refractivity contribution in [3.05, 3.63) is 0 Å². The summed E-state index contributed by atoms with van der Waals surface area (Å²) in [6, 6.07) is 0. The van der Waals surface area contributed by atoms with E-state index in [0.29, 0.717) is 12.4 Å². The SMILES string of the molecule is CC(=O)Nc1nnc(S(=O)(=O)NCCCCCCCl)s1. The van der Waals surface area contributed by atoms with Crippen LogP contribution in [0.1, 0.15) is 32.6 Å². The molecule has 1 heterocycles. The molecule has 0 aliphatic heterocycles. The van der Waals surface area contributed by atoms with E-state index in [9.17, 15) is 13.2 Å².